The van der Waals surface area contributed by atoms with Crippen molar-refractivity contribution in [1.29, 1.82) is 0 Å². The Bertz CT molecular complexity index is 308. The molecule has 2 aliphatic carbocycles. The third kappa shape index (κ3) is 3.08. The quantitative estimate of drug-likeness (QED) is 0.593. The highest BCUT2D eigenvalue weighted by Gasteiger charge is 2.42. The molecule has 2 nitrogen and oxygen atoms in total. The van der Waals surface area contributed by atoms with Crippen molar-refractivity contribution in [3.63, 3.8) is 0 Å². The lowest BCUT2D eigenvalue weighted by Crippen LogP contribution is -2.54. The second-order valence-electron chi connectivity index (χ2n) is 6.30. The minimum Gasteiger partial charge on any atom is -0.329 e. The fourth-order valence-electron chi connectivity index (χ4n) is 3.85. The van der Waals surface area contributed by atoms with Crippen molar-refractivity contribution in [1.82, 2.24) is 5.32 Å². The zero-order valence-electron chi connectivity index (χ0n) is 11.9. The molecule has 2 saturated carbocycles. The Morgan fingerprint density at radius 1 is 1.06 bits per heavy atom. The molecule has 3 N–H and O–H groups in total. The maximum absolute atomic E-state index is 6.04. The second-order valence-corrected chi connectivity index (χ2v) is 6.30. The number of nitrogens with one attached hydrogen (secondary N) is 1. The maximum atomic E-state index is 6.04. The van der Waals surface area contributed by atoms with Gasteiger partial charge in [0.1, 0.15) is 0 Å². The highest BCUT2D eigenvalue weighted by Crippen LogP contribution is 2.50. The molecule has 18 heavy (non-hydrogen) atoms. The summed E-state index contributed by atoms with van der Waals surface area (Å²) in [6.45, 7) is 3.68. The van der Waals surface area contributed by atoms with E-state index in [4.69, 9.17) is 5.73 Å². The molecule has 0 bridgehead atoms. The molecule has 0 heterocycles. The molecule has 0 amide bonds. The summed E-state index contributed by atoms with van der Waals surface area (Å²) < 4.78 is 0. The van der Waals surface area contributed by atoms with Crippen LogP contribution in [0.4, 0.5) is 0 Å². The summed E-state index contributed by atoms with van der Waals surface area (Å²) in [5.41, 5.74) is 6.95. The van der Waals surface area contributed by atoms with E-state index in [-0.39, 0.29) is 5.54 Å². The molecule has 0 unspecified atom stereocenters. The molecule has 2 heteroatoms. The van der Waals surface area contributed by atoms with Gasteiger partial charge in [0.05, 0.1) is 0 Å². The minimum absolute atomic E-state index is 0.212. The van der Waals surface area contributed by atoms with E-state index < -0.39 is 0 Å². The third-order valence-electron chi connectivity index (χ3n) is 5.25. The van der Waals surface area contributed by atoms with Gasteiger partial charge in [-0.25, -0.2) is 0 Å². The van der Waals surface area contributed by atoms with Crippen LogP contribution in [0.1, 0.15) is 64.7 Å². The van der Waals surface area contributed by atoms with Gasteiger partial charge in [-0.05, 0) is 50.9 Å². The Morgan fingerprint density at radius 2 is 1.72 bits per heavy atom. The van der Waals surface area contributed by atoms with Crippen molar-refractivity contribution in [2.45, 2.75) is 70.3 Å². The smallest absolute Gasteiger partial charge is 0.0304 e. The standard InChI is InChI=1S/C16H28N2/c1-2-3-6-13-18-16(14-17)11-9-15(10-12-16)7-4-5-8-15/h18H,4-14,17H2,1H3. The summed E-state index contributed by atoms with van der Waals surface area (Å²) in [6.07, 6.45) is 12.1. The van der Waals surface area contributed by atoms with Gasteiger partial charge in [-0.1, -0.05) is 12.8 Å². The lowest BCUT2D eigenvalue weighted by Gasteiger charge is -2.45. The molecule has 0 aliphatic heterocycles. The highest BCUT2D eigenvalue weighted by molar-refractivity contribution is 5.01. The van der Waals surface area contributed by atoms with Gasteiger partial charge in [0.2, 0.25) is 0 Å². The number of rotatable bonds is 4. The molecule has 0 radical (unpaired) electrons. The zero-order chi connectivity index (χ0) is 12.9. The summed E-state index contributed by atoms with van der Waals surface area (Å²) in [6, 6.07) is 0. The fourth-order valence-corrected chi connectivity index (χ4v) is 3.85. The molecule has 2 fully saturated rings. The Morgan fingerprint density at radius 3 is 2.28 bits per heavy atom. The van der Waals surface area contributed by atoms with Crippen molar-refractivity contribution in [3.8, 4) is 11.8 Å². The molecule has 0 aromatic heterocycles. The van der Waals surface area contributed by atoms with Gasteiger partial charge in [-0.3, -0.25) is 0 Å². The number of hydrogen-bond donors (Lipinski definition) is 2. The van der Waals surface area contributed by atoms with Crippen LogP contribution in [-0.2, 0) is 0 Å². The van der Waals surface area contributed by atoms with Crippen LogP contribution < -0.4 is 11.1 Å². The normalized spacial score (nSPS) is 24.8. The first-order chi connectivity index (χ1) is 8.74. The van der Waals surface area contributed by atoms with Gasteiger partial charge < -0.3 is 11.1 Å². The monoisotopic (exact) mass is 248 g/mol. The lowest BCUT2D eigenvalue weighted by molar-refractivity contribution is 0.115. The Hall–Kier alpha value is -0.520. The Balaban J connectivity index is 1.84. The third-order valence-corrected chi connectivity index (χ3v) is 5.25. The van der Waals surface area contributed by atoms with E-state index in [9.17, 15) is 0 Å². The summed E-state index contributed by atoms with van der Waals surface area (Å²) in [4.78, 5) is 0. The van der Waals surface area contributed by atoms with Gasteiger partial charge in [0.25, 0.3) is 0 Å². The van der Waals surface area contributed by atoms with Gasteiger partial charge in [0, 0.05) is 25.0 Å². The number of nitrogens with two attached hydrogens (primary N) is 1. The zero-order valence-corrected chi connectivity index (χ0v) is 11.9. The SMILES string of the molecule is CC#CCCNC1(CN)CCC2(CCCC2)CC1. The fraction of sp³-hybridized carbons (Fsp3) is 0.875. The minimum atomic E-state index is 0.212. The van der Waals surface area contributed by atoms with Crippen LogP contribution in [-0.4, -0.2) is 18.6 Å². The molecule has 0 aromatic carbocycles. The van der Waals surface area contributed by atoms with Crippen LogP contribution in [0.5, 0.6) is 0 Å². The molecule has 0 aromatic rings. The summed E-state index contributed by atoms with van der Waals surface area (Å²) in [7, 11) is 0. The van der Waals surface area contributed by atoms with Crippen LogP contribution >= 0.6 is 0 Å². The van der Waals surface area contributed by atoms with E-state index in [2.05, 4.69) is 17.2 Å². The van der Waals surface area contributed by atoms with Crippen LogP contribution in [0, 0.1) is 17.3 Å². The molecule has 0 saturated heterocycles. The molecular weight excluding hydrogens is 220 g/mol. The first-order valence-corrected chi connectivity index (χ1v) is 7.59. The van der Waals surface area contributed by atoms with Crippen molar-refractivity contribution in [2.75, 3.05) is 13.1 Å². The molecule has 2 rings (SSSR count). The van der Waals surface area contributed by atoms with Crippen LogP contribution in [0.3, 0.4) is 0 Å². The van der Waals surface area contributed by atoms with Gasteiger partial charge in [0.15, 0.2) is 0 Å². The predicted molar refractivity (Wildman–Crippen MR) is 77.2 cm³/mol. The van der Waals surface area contributed by atoms with E-state index in [0.717, 1.165) is 19.5 Å². The van der Waals surface area contributed by atoms with E-state index >= 15 is 0 Å². The van der Waals surface area contributed by atoms with Gasteiger partial charge >= 0.3 is 0 Å². The topological polar surface area (TPSA) is 38.0 Å². The Kier molecular flexibility index (Phi) is 4.70. The summed E-state index contributed by atoms with van der Waals surface area (Å²) in [5, 5.41) is 3.70. The highest BCUT2D eigenvalue weighted by atomic mass is 15.0. The number of hydrogen-bond acceptors (Lipinski definition) is 2. The molecule has 2 aliphatic rings. The van der Waals surface area contributed by atoms with Crippen LogP contribution in [0.15, 0.2) is 0 Å². The lowest BCUT2D eigenvalue weighted by atomic mass is 9.66. The van der Waals surface area contributed by atoms with E-state index in [1.54, 1.807) is 0 Å². The van der Waals surface area contributed by atoms with Crippen LogP contribution in [0.2, 0.25) is 0 Å². The maximum Gasteiger partial charge on any atom is 0.0304 e. The van der Waals surface area contributed by atoms with Crippen molar-refractivity contribution in [2.24, 2.45) is 11.1 Å². The summed E-state index contributed by atoms with van der Waals surface area (Å²) >= 11 is 0. The largest absolute Gasteiger partial charge is 0.329 e. The first-order valence-electron chi connectivity index (χ1n) is 7.59. The average Bonchev–Trinajstić information content (AvgIpc) is 2.86. The molecule has 0 atom stereocenters. The summed E-state index contributed by atoms with van der Waals surface area (Å²) in [5.74, 6) is 6.08. The van der Waals surface area contributed by atoms with Crippen LogP contribution in [0.25, 0.3) is 0 Å². The Labute approximate surface area is 112 Å². The van der Waals surface area contributed by atoms with E-state index in [1.807, 2.05) is 6.92 Å². The van der Waals surface area contributed by atoms with Gasteiger partial charge in [-0.2, -0.15) is 0 Å². The molecule has 1 spiro atoms. The van der Waals surface area contributed by atoms with Crippen molar-refractivity contribution < 1.29 is 0 Å². The predicted octanol–water partition coefficient (Wildman–Crippen LogP) is 2.82. The second kappa shape index (κ2) is 6.08. The van der Waals surface area contributed by atoms with Crippen molar-refractivity contribution in [3.05, 3.63) is 0 Å². The molecular formula is C16H28N2. The van der Waals surface area contributed by atoms with E-state index in [1.165, 1.54) is 51.4 Å². The van der Waals surface area contributed by atoms with Crippen molar-refractivity contribution >= 4 is 0 Å². The van der Waals surface area contributed by atoms with Gasteiger partial charge in [-0.15, -0.1) is 11.8 Å². The molecule has 102 valence electrons. The first kappa shape index (κ1) is 13.9. The van der Waals surface area contributed by atoms with E-state index in [0.29, 0.717) is 5.41 Å². The average molecular weight is 248 g/mol.